The molecule has 0 saturated heterocycles. The number of carbonyl (C=O) groups excluding carboxylic acids is 2. The molecule has 0 aliphatic carbocycles. The molecule has 0 atom stereocenters. The molecule has 6 nitrogen and oxygen atoms in total. The van der Waals surface area contributed by atoms with Crippen molar-refractivity contribution >= 4 is 17.6 Å². The van der Waals surface area contributed by atoms with E-state index in [4.69, 9.17) is 14.2 Å². The van der Waals surface area contributed by atoms with E-state index >= 15 is 0 Å². The Labute approximate surface area is 172 Å². The van der Waals surface area contributed by atoms with E-state index in [1.54, 1.807) is 37.3 Å². The Bertz CT molecular complexity index is 853. The third-order valence-corrected chi connectivity index (χ3v) is 4.19. The van der Waals surface area contributed by atoms with Gasteiger partial charge in [-0.05, 0) is 56.7 Å². The summed E-state index contributed by atoms with van der Waals surface area (Å²) in [4.78, 5) is 25.7. The van der Waals surface area contributed by atoms with E-state index in [1.807, 2.05) is 45.0 Å². The highest BCUT2D eigenvalue weighted by molar-refractivity contribution is 5.92. The Balaban J connectivity index is 2.18. The number of anilines is 1. The van der Waals surface area contributed by atoms with Crippen molar-refractivity contribution in [3.05, 3.63) is 59.2 Å². The van der Waals surface area contributed by atoms with Crippen molar-refractivity contribution in [2.75, 3.05) is 19.1 Å². The van der Waals surface area contributed by atoms with Gasteiger partial charge in [0.05, 0.1) is 12.2 Å². The first-order valence-electron chi connectivity index (χ1n) is 9.42. The van der Waals surface area contributed by atoms with Gasteiger partial charge in [0, 0.05) is 32.3 Å². The van der Waals surface area contributed by atoms with Gasteiger partial charge in [-0.2, -0.15) is 0 Å². The van der Waals surface area contributed by atoms with E-state index in [1.165, 1.54) is 6.92 Å². The first-order chi connectivity index (χ1) is 13.6. The number of ether oxygens (including phenoxy) is 3. The van der Waals surface area contributed by atoms with Crippen LogP contribution < -0.4 is 9.64 Å². The van der Waals surface area contributed by atoms with Gasteiger partial charge in [0.15, 0.2) is 0 Å². The Morgan fingerprint density at radius 1 is 1.00 bits per heavy atom. The van der Waals surface area contributed by atoms with Crippen LogP contribution in [0.4, 0.5) is 5.69 Å². The number of benzene rings is 2. The molecule has 0 saturated carbocycles. The SMILES string of the molecule is COCc1ccc(COc2ccc(N(C)C(C)=O)cc2)c(C(=O)OC(C)(C)C)c1. The highest BCUT2D eigenvalue weighted by atomic mass is 16.6. The molecule has 0 unspecified atom stereocenters. The quantitative estimate of drug-likeness (QED) is 0.648. The number of hydrogen-bond donors (Lipinski definition) is 0. The number of rotatable bonds is 7. The predicted molar refractivity (Wildman–Crippen MR) is 112 cm³/mol. The van der Waals surface area contributed by atoms with Crippen LogP contribution in [0.5, 0.6) is 5.75 Å². The molecule has 0 radical (unpaired) electrons. The van der Waals surface area contributed by atoms with Crippen molar-refractivity contribution in [3.63, 3.8) is 0 Å². The third-order valence-electron chi connectivity index (χ3n) is 4.19. The number of hydrogen-bond acceptors (Lipinski definition) is 5. The highest BCUT2D eigenvalue weighted by Gasteiger charge is 2.21. The summed E-state index contributed by atoms with van der Waals surface area (Å²) in [5.41, 5.74) is 2.26. The number of amides is 1. The van der Waals surface area contributed by atoms with Crippen molar-refractivity contribution in [2.24, 2.45) is 0 Å². The molecule has 2 aromatic rings. The summed E-state index contributed by atoms with van der Waals surface area (Å²) >= 11 is 0. The number of carbonyl (C=O) groups is 2. The fourth-order valence-electron chi connectivity index (χ4n) is 2.64. The summed E-state index contributed by atoms with van der Waals surface area (Å²) in [6.07, 6.45) is 0. The second-order valence-electron chi connectivity index (χ2n) is 7.79. The fourth-order valence-corrected chi connectivity index (χ4v) is 2.64. The maximum atomic E-state index is 12.7. The van der Waals surface area contributed by atoms with Crippen LogP contribution in [0.15, 0.2) is 42.5 Å². The van der Waals surface area contributed by atoms with Gasteiger partial charge in [-0.25, -0.2) is 4.79 Å². The first-order valence-corrected chi connectivity index (χ1v) is 9.42. The molecule has 0 spiro atoms. The summed E-state index contributed by atoms with van der Waals surface area (Å²) in [6, 6.07) is 12.7. The molecule has 29 heavy (non-hydrogen) atoms. The van der Waals surface area contributed by atoms with Crippen molar-refractivity contribution < 1.29 is 23.8 Å². The lowest BCUT2D eigenvalue weighted by Gasteiger charge is -2.21. The molecule has 0 N–H and O–H groups in total. The van der Waals surface area contributed by atoms with E-state index in [0.717, 1.165) is 16.8 Å². The Hall–Kier alpha value is -2.86. The summed E-state index contributed by atoms with van der Waals surface area (Å²) in [7, 11) is 3.32. The number of methoxy groups -OCH3 is 1. The van der Waals surface area contributed by atoms with Crippen LogP contribution in [-0.2, 0) is 27.5 Å². The Morgan fingerprint density at radius 3 is 2.21 bits per heavy atom. The fraction of sp³-hybridized carbons (Fsp3) is 0.391. The van der Waals surface area contributed by atoms with E-state index in [9.17, 15) is 9.59 Å². The van der Waals surface area contributed by atoms with Crippen LogP contribution in [-0.4, -0.2) is 31.6 Å². The normalized spacial score (nSPS) is 11.1. The lowest BCUT2D eigenvalue weighted by Crippen LogP contribution is -2.25. The molecule has 6 heteroatoms. The van der Waals surface area contributed by atoms with Crippen LogP contribution >= 0.6 is 0 Å². The zero-order chi connectivity index (χ0) is 21.6. The van der Waals surface area contributed by atoms with Crippen molar-refractivity contribution in [1.82, 2.24) is 0 Å². The molecule has 0 aliphatic heterocycles. The smallest absolute Gasteiger partial charge is 0.339 e. The van der Waals surface area contributed by atoms with E-state index in [2.05, 4.69) is 0 Å². The molecule has 0 heterocycles. The second-order valence-corrected chi connectivity index (χ2v) is 7.79. The maximum absolute atomic E-state index is 12.7. The average molecular weight is 399 g/mol. The monoisotopic (exact) mass is 399 g/mol. The van der Waals surface area contributed by atoms with Crippen LogP contribution in [0.1, 0.15) is 49.2 Å². The van der Waals surface area contributed by atoms with Gasteiger partial charge in [0.25, 0.3) is 0 Å². The molecule has 156 valence electrons. The van der Waals surface area contributed by atoms with Gasteiger partial charge >= 0.3 is 5.97 Å². The molecule has 0 aliphatic rings. The topological polar surface area (TPSA) is 65.1 Å². The van der Waals surface area contributed by atoms with Crippen LogP contribution in [0.25, 0.3) is 0 Å². The average Bonchev–Trinajstić information content (AvgIpc) is 2.65. The van der Waals surface area contributed by atoms with Gasteiger partial charge in [-0.15, -0.1) is 0 Å². The van der Waals surface area contributed by atoms with E-state index in [0.29, 0.717) is 17.9 Å². The van der Waals surface area contributed by atoms with Crippen LogP contribution in [0.2, 0.25) is 0 Å². The summed E-state index contributed by atoms with van der Waals surface area (Å²) in [6.45, 7) is 7.63. The zero-order valence-electron chi connectivity index (χ0n) is 17.9. The maximum Gasteiger partial charge on any atom is 0.339 e. The van der Waals surface area contributed by atoms with Gasteiger partial charge < -0.3 is 19.1 Å². The molecule has 2 aromatic carbocycles. The minimum absolute atomic E-state index is 0.0446. The minimum atomic E-state index is -0.592. The Morgan fingerprint density at radius 2 is 1.66 bits per heavy atom. The van der Waals surface area contributed by atoms with Crippen LogP contribution in [0.3, 0.4) is 0 Å². The van der Waals surface area contributed by atoms with Gasteiger partial charge in [0.1, 0.15) is 18.0 Å². The zero-order valence-corrected chi connectivity index (χ0v) is 17.9. The first kappa shape index (κ1) is 22.4. The number of esters is 1. The van der Waals surface area contributed by atoms with Gasteiger partial charge in [-0.3, -0.25) is 4.79 Å². The Kier molecular flexibility index (Phi) is 7.40. The summed E-state index contributed by atoms with van der Waals surface area (Å²) < 4.78 is 16.6. The molecule has 2 rings (SSSR count). The van der Waals surface area contributed by atoms with Gasteiger partial charge in [-0.1, -0.05) is 12.1 Å². The minimum Gasteiger partial charge on any atom is -0.489 e. The van der Waals surface area contributed by atoms with Crippen molar-refractivity contribution in [2.45, 2.75) is 46.5 Å². The standard InChI is InChI=1S/C23H29NO5/c1-16(25)24(5)19-9-11-20(12-10-19)28-15-18-8-7-17(14-27-6)13-21(18)22(26)29-23(2,3)4/h7-13H,14-15H2,1-6H3. The van der Waals surface area contributed by atoms with E-state index < -0.39 is 11.6 Å². The van der Waals surface area contributed by atoms with Crippen molar-refractivity contribution in [3.8, 4) is 5.75 Å². The van der Waals surface area contributed by atoms with Crippen molar-refractivity contribution in [1.29, 1.82) is 0 Å². The molecule has 1 amide bonds. The van der Waals surface area contributed by atoms with Crippen LogP contribution in [0, 0.1) is 0 Å². The largest absolute Gasteiger partial charge is 0.489 e. The predicted octanol–water partition coefficient (Wildman–Crippen LogP) is 4.35. The second kappa shape index (κ2) is 9.56. The summed E-state index contributed by atoms with van der Waals surface area (Å²) in [5.74, 6) is 0.200. The number of nitrogens with zero attached hydrogens (tertiary/aromatic N) is 1. The lowest BCUT2D eigenvalue weighted by atomic mass is 10.0. The molecule has 0 fully saturated rings. The molecular weight excluding hydrogens is 370 g/mol. The highest BCUT2D eigenvalue weighted by Crippen LogP contribution is 2.22. The lowest BCUT2D eigenvalue weighted by molar-refractivity contribution is -0.116. The molecular formula is C23H29NO5. The summed E-state index contributed by atoms with van der Waals surface area (Å²) in [5, 5.41) is 0. The van der Waals surface area contributed by atoms with E-state index in [-0.39, 0.29) is 12.5 Å². The third kappa shape index (κ3) is 6.61. The van der Waals surface area contributed by atoms with Gasteiger partial charge in [0.2, 0.25) is 5.91 Å². The molecule has 0 bridgehead atoms. The molecule has 0 aromatic heterocycles.